The second kappa shape index (κ2) is 8.56. The van der Waals surface area contributed by atoms with Crippen molar-refractivity contribution < 1.29 is 13.2 Å². The first-order valence-electron chi connectivity index (χ1n) is 9.23. The number of aliphatic imine (C=N–C) groups is 1. The second-order valence-electron chi connectivity index (χ2n) is 6.92. The summed E-state index contributed by atoms with van der Waals surface area (Å²) in [5.74, 6) is 1.50. The molecule has 0 saturated heterocycles. The maximum atomic E-state index is 12.6. The lowest BCUT2D eigenvalue weighted by atomic mass is 10.3. The number of nitrogens with zero attached hydrogens (tertiary/aromatic N) is 3. The normalized spacial score (nSPS) is 18.4. The molecular formula is C17H26F3N5S. The maximum absolute atomic E-state index is 12.6. The summed E-state index contributed by atoms with van der Waals surface area (Å²) in [5.41, 5.74) is -0.842. The Bertz CT molecular complexity index is 608. The van der Waals surface area contributed by atoms with Gasteiger partial charge < -0.3 is 10.6 Å². The molecule has 0 radical (unpaired) electrons. The van der Waals surface area contributed by atoms with Gasteiger partial charge in [-0.15, -0.1) is 11.3 Å². The summed E-state index contributed by atoms with van der Waals surface area (Å²) in [5, 5.41) is 7.83. The summed E-state index contributed by atoms with van der Waals surface area (Å²) in [4.78, 5) is 10.5. The van der Waals surface area contributed by atoms with Crippen molar-refractivity contribution in [2.45, 2.75) is 51.4 Å². The SMILES string of the molecule is CCNC(=NCc1nc(C(F)(F)F)cs1)NCCN(CC1CC1)C1CC1. The number of thiazole rings is 1. The minimum Gasteiger partial charge on any atom is -0.357 e. The van der Waals surface area contributed by atoms with Crippen LogP contribution in [-0.2, 0) is 12.7 Å². The molecule has 9 heteroatoms. The molecule has 0 amide bonds. The number of alkyl halides is 3. The van der Waals surface area contributed by atoms with Gasteiger partial charge in [-0.3, -0.25) is 4.90 Å². The molecule has 1 aromatic rings. The summed E-state index contributed by atoms with van der Waals surface area (Å²) in [6, 6.07) is 0.744. The third kappa shape index (κ3) is 6.12. The molecule has 3 rings (SSSR count). The molecule has 0 unspecified atom stereocenters. The smallest absolute Gasteiger partial charge is 0.357 e. The molecule has 2 N–H and O–H groups in total. The Balaban J connectivity index is 1.47. The largest absolute Gasteiger partial charge is 0.434 e. The van der Waals surface area contributed by atoms with Crippen molar-refractivity contribution in [3.63, 3.8) is 0 Å². The van der Waals surface area contributed by atoms with Crippen molar-refractivity contribution in [1.29, 1.82) is 0 Å². The molecule has 0 spiro atoms. The number of hydrogen-bond acceptors (Lipinski definition) is 4. The van der Waals surface area contributed by atoms with E-state index in [4.69, 9.17) is 0 Å². The van der Waals surface area contributed by atoms with Gasteiger partial charge in [0.25, 0.3) is 0 Å². The van der Waals surface area contributed by atoms with Crippen LogP contribution in [0, 0.1) is 5.92 Å². The average Bonchev–Trinajstić information content (AvgIpc) is 3.50. The van der Waals surface area contributed by atoms with Crippen LogP contribution in [0.15, 0.2) is 10.4 Å². The molecule has 146 valence electrons. The van der Waals surface area contributed by atoms with Gasteiger partial charge in [-0.25, -0.2) is 9.98 Å². The van der Waals surface area contributed by atoms with E-state index in [-0.39, 0.29) is 6.54 Å². The molecule has 5 nitrogen and oxygen atoms in total. The fourth-order valence-corrected chi connectivity index (χ4v) is 3.54. The van der Waals surface area contributed by atoms with E-state index in [1.807, 2.05) is 6.92 Å². The summed E-state index contributed by atoms with van der Waals surface area (Å²) in [6.45, 7) is 5.75. The van der Waals surface area contributed by atoms with Gasteiger partial charge in [-0.2, -0.15) is 13.2 Å². The predicted molar refractivity (Wildman–Crippen MR) is 97.3 cm³/mol. The monoisotopic (exact) mass is 389 g/mol. The summed E-state index contributed by atoms with van der Waals surface area (Å²) >= 11 is 0.989. The van der Waals surface area contributed by atoms with Gasteiger partial charge in [-0.1, -0.05) is 0 Å². The number of halogens is 3. The first-order valence-corrected chi connectivity index (χ1v) is 10.1. The zero-order valence-corrected chi connectivity index (χ0v) is 15.8. The molecule has 1 aromatic heterocycles. The Morgan fingerprint density at radius 2 is 2.08 bits per heavy atom. The standard InChI is InChI=1S/C17H26F3N5S/c1-2-21-16(23-9-15-24-14(11-26-15)17(18,19)20)22-7-8-25(13-5-6-13)10-12-3-4-12/h11-13H,2-10H2,1H3,(H2,21,22,23). The van der Waals surface area contributed by atoms with Crippen LogP contribution < -0.4 is 10.6 Å². The number of aromatic nitrogens is 1. The lowest BCUT2D eigenvalue weighted by molar-refractivity contribution is -0.140. The third-order valence-electron chi connectivity index (χ3n) is 4.50. The third-order valence-corrected chi connectivity index (χ3v) is 5.34. The summed E-state index contributed by atoms with van der Waals surface area (Å²) in [6.07, 6.45) is 0.914. The van der Waals surface area contributed by atoms with E-state index >= 15 is 0 Å². The lowest BCUT2D eigenvalue weighted by Gasteiger charge is -2.22. The quantitative estimate of drug-likeness (QED) is 0.503. The van der Waals surface area contributed by atoms with Crippen molar-refractivity contribution in [2.24, 2.45) is 10.9 Å². The molecule has 2 aliphatic rings. The van der Waals surface area contributed by atoms with E-state index < -0.39 is 11.9 Å². The van der Waals surface area contributed by atoms with E-state index in [0.29, 0.717) is 17.5 Å². The predicted octanol–water partition coefficient (Wildman–Crippen LogP) is 3.09. The Morgan fingerprint density at radius 3 is 2.65 bits per heavy atom. The molecule has 1 heterocycles. The summed E-state index contributed by atoms with van der Waals surface area (Å²) < 4.78 is 37.8. The van der Waals surface area contributed by atoms with Crippen LogP contribution in [0.5, 0.6) is 0 Å². The Labute approximate surface area is 156 Å². The Kier molecular flexibility index (Phi) is 6.39. The Morgan fingerprint density at radius 1 is 1.31 bits per heavy atom. The molecule has 0 aliphatic heterocycles. The van der Waals surface area contributed by atoms with Gasteiger partial charge in [-0.05, 0) is 38.5 Å². The van der Waals surface area contributed by atoms with E-state index in [1.54, 1.807) is 0 Å². The maximum Gasteiger partial charge on any atom is 0.434 e. The van der Waals surface area contributed by atoms with Crippen molar-refractivity contribution in [2.75, 3.05) is 26.2 Å². The molecule has 0 atom stereocenters. The Hall–Kier alpha value is -1.35. The van der Waals surface area contributed by atoms with E-state index in [9.17, 15) is 13.2 Å². The fraction of sp³-hybridized carbons (Fsp3) is 0.765. The van der Waals surface area contributed by atoms with Gasteiger partial charge in [0.2, 0.25) is 0 Å². The zero-order chi connectivity index (χ0) is 18.6. The van der Waals surface area contributed by atoms with Gasteiger partial charge in [0.05, 0.1) is 6.54 Å². The van der Waals surface area contributed by atoms with Gasteiger partial charge in [0, 0.05) is 37.6 Å². The number of nitrogens with one attached hydrogen (secondary N) is 2. The van der Waals surface area contributed by atoms with Crippen LogP contribution in [0.1, 0.15) is 43.3 Å². The highest BCUT2D eigenvalue weighted by atomic mass is 32.1. The molecular weight excluding hydrogens is 363 g/mol. The highest BCUT2D eigenvalue weighted by molar-refractivity contribution is 7.09. The highest BCUT2D eigenvalue weighted by Gasteiger charge is 2.34. The van der Waals surface area contributed by atoms with E-state index in [2.05, 4.69) is 25.5 Å². The van der Waals surface area contributed by atoms with Crippen LogP contribution in [0.3, 0.4) is 0 Å². The number of hydrogen-bond donors (Lipinski definition) is 2. The van der Waals surface area contributed by atoms with Crippen molar-refractivity contribution in [1.82, 2.24) is 20.5 Å². The molecule has 2 fully saturated rings. The molecule has 26 heavy (non-hydrogen) atoms. The van der Waals surface area contributed by atoms with Crippen molar-refractivity contribution >= 4 is 17.3 Å². The van der Waals surface area contributed by atoms with Gasteiger partial charge in [0.15, 0.2) is 11.7 Å². The highest BCUT2D eigenvalue weighted by Crippen LogP contribution is 2.34. The van der Waals surface area contributed by atoms with Gasteiger partial charge >= 0.3 is 6.18 Å². The minimum atomic E-state index is -4.39. The molecule has 0 bridgehead atoms. The number of rotatable bonds is 9. The zero-order valence-electron chi connectivity index (χ0n) is 15.0. The van der Waals surface area contributed by atoms with E-state index in [0.717, 1.165) is 41.8 Å². The van der Waals surface area contributed by atoms with Crippen LogP contribution in [0.25, 0.3) is 0 Å². The van der Waals surface area contributed by atoms with Crippen LogP contribution in [0.4, 0.5) is 13.2 Å². The van der Waals surface area contributed by atoms with Crippen molar-refractivity contribution in [3.8, 4) is 0 Å². The van der Waals surface area contributed by atoms with Crippen LogP contribution in [0.2, 0.25) is 0 Å². The first kappa shape index (κ1) is 19.4. The molecule has 2 saturated carbocycles. The van der Waals surface area contributed by atoms with Crippen molar-refractivity contribution in [3.05, 3.63) is 16.1 Å². The minimum absolute atomic E-state index is 0.143. The number of guanidine groups is 1. The van der Waals surface area contributed by atoms with E-state index in [1.165, 1.54) is 32.2 Å². The second-order valence-corrected chi connectivity index (χ2v) is 7.86. The van der Waals surface area contributed by atoms with Crippen LogP contribution >= 0.6 is 11.3 Å². The van der Waals surface area contributed by atoms with Crippen LogP contribution in [-0.4, -0.2) is 48.1 Å². The fourth-order valence-electron chi connectivity index (χ4n) is 2.81. The first-order chi connectivity index (χ1) is 12.5. The lowest BCUT2D eigenvalue weighted by Crippen LogP contribution is -2.42. The summed E-state index contributed by atoms with van der Waals surface area (Å²) in [7, 11) is 0. The molecule has 0 aromatic carbocycles. The average molecular weight is 389 g/mol. The molecule has 2 aliphatic carbocycles. The topological polar surface area (TPSA) is 52.6 Å². The van der Waals surface area contributed by atoms with Gasteiger partial charge in [0.1, 0.15) is 5.01 Å².